The zero-order valence-electron chi connectivity index (χ0n) is 13.8. The van der Waals surface area contributed by atoms with E-state index in [-0.39, 0.29) is 29.9 Å². The SMILES string of the molecule is CCNC(=NCCCC(=O)NC1CC1)NCCCOCC.I. The Morgan fingerprint density at radius 1 is 1.23 bits per heavy atom. The molecule has 1 fully saturated rings. The van der Waals surface area contributed by atoms with Crippen LogP contribution in [-0.4, -0.2) is 50.8 Å². The fraction of sp³-hybridized carbons (Fsp3) is 0.867. The van der Waals surface area contributed by atoms with E-state index < -0.39 is 0 Å². The van der Waals surface area contributed by atoms with E-state index in [0.29, 0.717) is 19.0 Å². The summed E-state index contributed by atoms with van der Waals surface area (Å²) in [5, 5.41) is 9.46. The van der Waals surface area contributed by atoms with Crippen molar-refractivity contribution in [2.24, 2.45) is 4.99 Å². The monoisotopic (exact) mass is 426 g/mol. The quantitative estimate of drug-likeness (QED) is 0.203. The summed E-state index contributed by atoms with van der Waals surface area (Å²) in [6.45, 7) is 7.91. The number of nitrogens with one attached hydrogen (secondary N) is 3. The fourth-order valence-electron chi connectivity index (χ4n) is 1.83. The minimum Gasteiger partial charge on any atom is -0.382 e. The van der Waals surface area contributed by atoms with Gasteiger partial charge in [0.1, 0.15) is 0 Å². The Bertz CT molecular complexity index is 323. The van der Waals surface area contributed by atoms with E-state index in [1.54, 1.807) is 0 Å². The first-order valence-corrected chi connectivity index (χ1v) is 8.15. The van der Waals surface area contributed by atoms with Crippen LogP contribution in [0.15, 0.2) is 4.99 Å². The number of rotatable bonds is 11. The van der Waals surface area contributed by atoms with Gasteiger partial charge in [0.05, 0.1) is 0 Å². The largest absolute Gasteiger partial charge is 0.382 e. The molecule has 22 heavy (non-hydrogen) atoms. The summed E-state index contributed by atoms with van der Waals surface area (Å²) in [6, 6.07) is 0.449. The summed E-state index contributed by atoms with van der Waals surface area (Å²) >= 11 is 0. The molecule has 0 aromatic rings. The highest BCUT2D eigenvalue weighted by Gasteiger charge is 2.22. The molecule has 130 valence electrons. The Kier molecular flexibility index (Phi) is 13.7. The molecule has 0 aromatic carbocycles. The number of carbonyl (C=O) groups excluding carboxylic acids is 1. The number of guanidine groups is 1. The summed E-state index contributed by atoms with van der Waals surface area (Å²) in [5.41, 5.74) is 0. The van der Waals surface area contributed by atoms with Crippen LogP contribution < -0.4 is 16.0 Å². The summed E-state index contributed by atoms with van der Waals surface area (Å²) < 4.78 is 5.29. The third kappa shape index (κ3) is 12.0. The second kappa shape index (κ2) is 14.0. The maximum Gasteiger partial charge on any atom is 0.220 e. The predicted molar refractivity (Wildman–Crippen MR) is 101 cm³/mol. The van der Waals surface area contributed by atoms with Gasteiger partial charge < -0.3 is 20.7 Å². The summed E-state index contributed by atoms with van der Waals surface area (Å²) in [7, 11) is 0. The Morgan fingerprint density at radius 3 is 2.64 bits per heavy atom. The van der Waals surface area contributed by atoms with Crippen molar-refractivity contribution in [1.82, 2.24) is 16.0 Å². The average Bonchev–Trinajstić information content (AvgIpc) is 3.27. The van der Waals surface area contributed by atoms with Gasteiger partial charge in [0.15, 0.2) is 5.96 Å². The maximum absolute atomic E-state index is 11.5. The van der Waals surface area contributed by atoms with Crippen LogP contribution in [0.1, 0.15) is 46.0 Å². The molecule has 0 radical (unpaired) electrons. The van der Waals surface area contributed by atoms with Crippen molar-refractivity contribution in [1.29, 1.82) is 0 Å². The van der Waals surface area contributed by atoms with Crippen molar-refractivity contribution in [3.63, 3.8) is 0 Å². The smallest absolute Gasteiger partial charge is 0.220 e. The standard InChI is InChI=1S/C15H30N4O2.HI/c1-3-16-15(18-11-6-12-21-4-2)17-10-5-7-14(20)19-13-8-9-13;/h13H,3-12H2,1-2H3,(H,19,20)(H2,16,17,18);1H. The van der Waals surface area contributed by atoms with Gasteiger partial charge in [-0.2, -0.15) is 0 Å². The molecule has 6 nitrogen and oxygen atoms in total. The zero-order valence-corrected chi connectivity index (χ0v) is 16.2. The van der Waals surface area contributed by atoms with E-state index in [1.165, 1.54) is 0 Å². The molecule has 0 unspecified atom stereocenters. The van der Waals surface area contributed by atoms with Gasteiger partial charge in [-0.25, -0.2) is 0 Å². The van der Waals surface area contributed by atoms with Crippen molar-refractivity contribution >= 4 is 35.8 Å². The highest BCUT2D eigenvalue weighted by atomic mass is 127. The summed E-state index contributed by atoms with van der Waals surface area (Å²) in [6.07, 6.45) is 4.58. The first-order valence-electron chi connectivity index (χ1n) is 8.15. The van der Waals surface area contributed by atoms with Crippen LogP contribution in [0.25, 0.3) is 0 Å². The van der Waals surface area contributed by atoms with Crippen LogP contribution >= 0.6 is 24.0 Å². The van der Waals surface area contributed by atoms with E-state index >= 15 is 0 Å². The van der Waals surface area contributed by atoms with Crippen LogP contribution in [0.2, 0.25) is 0 Å². The molecule has 1 saturated carbocycles. The van der Waals surface area contributed by atoms with Crippen LogP contribution in [0, 0.1) is 0 Å². The van der Waals surface area contributed by atoms with E-state index in [9.17, 15) is 4.79 Å². The van der Waals surface area contributed by atoms with Crippen LogP contribution in [-0.2, 0) is 9.53 Å². The molecule has 0 spiro atoms. The second-order valence-corrected chi connectivity index (χ2v) is 5.18. The van der Waals surface area contributed by atoms with Crippen LogP contribution in [0.3, 0.4) is 0 Å². The van der Waals surface area contributed by atoms with Crippen molar-refractivity contribution < 1.29 is 9.53 Å². The average molecular weight is 426 g/mol. The molecule has 0 bridgehead atoms. The molecule has 1 rings (SSSR count). The van der Waals surface area contributed by atoms with Crippen LogP contribution in [0.4, 0.5) is 0 Å². The Hall–Kier alpha value is -0.570. The van der Waals surface area contributed by atoms with Crippen LogP contribution in [0.5, 0.6) is 0 Å². The van der Waals surface area contributed by atoms with Crippen molar-refractivity contribution in [2.45, 2.75) is 52.0 Å². The highest BCUT2D eigenvalue weighted by molar-refractivity contribution is 14.0. The molecule has 0 heterocycles. The number of aliphatic imine (C=N–C) groups is 1. The van der Waals surface area contributed by atoms with Crippen molar-refractivity contribution in [3.05, 3.63) is 0 Å². The summed E-state index contributed by atoms with van der Waals surface area (Å²) in [4.78, 5) is 16.0. The van der Waals surface area contributed by atoms with Crippen molar-refractivity contribution in [3.8, 4) is 0 Å². The lowest BCUT2D eigenvalue weighted by molar-refractivity contribution is -0.121. The van der Waals surface area contributed by atoms with Gasteiger partial charge in [-0.05, 0) is 39.5 Å². The first kappa shape index (κ1) is 21.4. The molecule has 7 heteroatoms. The second-order valence-electron chi connectivity index (χ2n) is 5.18. The maximum atomic E-state index is 11.5. The Labute approximate surface area is 151 Å². The third-order valence-electron chi connectivity index (χ3n) is 3.08. The number of hydrogen-bond acceptors (Lipinski definition) is 3. The lowest BCUT2D eigenvalue weighted by Gasteiger charge is -2.11. The van der Waals surface area contributed by atoms with Gasteiger partial charge in [0, 0.05) is 45.3 Å². The number of hydrogen-bond donors (Lipinski definition) is 3. The molecule has 1 aliphatic rings. The normalized spacial score (nSPS) is 14.2. The molecular formula is C15H31IN4O2. The topological polar surface area (TPSA) is 74.8 Å². The number of nitrogens with zero attached hydrogens (tertiary/aromatic N) is 1. The minimum absolute atomic E-state index is 0. The minimum atomic E-state index is 0. The van der Waals surface area contributed by atoms with Gasteiger partial charge in [-0.15, -0.1) is 24.0 Å². The number of carbonyl (C=O) groups is 1. The van der Waals surface area contributed by atoms with Gasteiger partial charge in [-0.1, -0.05) is 0 Å². The Balaban J connectivity index is 0.00000441. The van der Waals surface area contributed by atoms with E-state index in [4.69, 9.17) is 4.74 Å². The zero-order chi connectivity index (χ0) is 15.3. The first-order chi connectivity index (χ1) is 10.3. The summed E-state index contributed by atoms with van der Waals surface area (Å²) in [5.74, 6) is 0.971. The third-order valence-corrected chi connectivity index (χ3v) is 3.08. The molecule has 0 atom stereocenters. The molecule has 0 aromatic heterocycles. The van der Waals surface area contributed by atoms with E-state index in [0.717, 1.165) is 57.9 Å². The highest BCUT2D eigenvalue weighted by Crippen LogP contribution is 2.18. The van der Waals surface area contributed by atoms with Gasteiger partial charge in [0.25, 0.3) is 0 Å². The number of halogens is 1. The molecule has 1 aliphatic carbocycles. The number of amides is 1. The lowest BCUT2D eigenvalue weighted by Crippen LogP contribution is -2.38. The van der Waals surface area contributed by atoms with E-state index in [1.807, 2.05) is 13.8 Å². The lowest BCUT2D eigenvalue weighted by atomic mass is 10.3. The molecule has 1 amide bonds. The molecule has 3 N–H and O–H groups in total. The predicted octanol–water partition coefficient (Wildman–Crippen LogP) is 1.64. The molecule has 0 saturated heterocycles. The Morgan fingerprint density at radius 2 is 2.00 bits per heavy atom. The fourth-order valence-corrected chi connectivity index (χ4v) is 1.83. The van der Waals surface area contributed by atoms with E-state index in [2.05, 4.69) is 20.9 Å². The number of ether oxygens (including phenoxy) is 1. The van der Waals surface area contributed by atoms with Gasteiger partial charge in [-0.3, -0.25) is 9.79 Å². The van der Waals surface area contributed by atoms with Crippen molar-refractivity contribution in [2.75, 3.05) is 32.8 Å². The van der Waals surface area contributed by atoms with Gasteiger partial charge in [0.2, 0.25) is 5.91 Å². The molecular weight excluding hydrogens is 395 g/mol. The molecule has 0 aliphatic heterocycles. The van der Waals surface area contributed by atoms with Gasteiger partial charge >= 0.3 is 0 Å².